The molecular weight excluding hydrogens is 400 g/mol. The Kier molecular flexibility index (Phi) is 7.99. The molecule has 1 N–H and O–H groups in total. The zero-order valence-electron chi connectivity index (χ0n) is 17.9. The molecule has 30 heavy (non-hydrogen) atoms. The summed E-state index contributed by atoms with van der Waals surface area (Å²) in [5, 5.41) is 0. The summed E-state index contributed by atoms with van der Waals surface area (Å²) in [5.41, 5.74) is 2.50. The van der Waals surface area contributed by atoms with Gasteiger partial charge in [0.05, 0.1) is 14.2 Å². The van der Waals surface area contributed by atoms with Gasteiger partial charge < -0.3 is 14.4 Å². The maximum Gasteiger partial charge on any atom is 0.244 e. The van der Waals surface area contributed by atoms with Crippen molar-refractivity contribution in [1.82, 2.24) is 4.72 Å². The number of rotatable bonds is 9. The third-order valence-corrected chi connectivity index (χ3v) is 6.98. The van der Waals surface area contributed by atoms with Crippen molar-refractivity contribution in [3.05, 3.63) is 48.0 Å². The third-order valence-electron chi connectivity index (χ3n) is 5.50. The minimum absolute atomic E-state index is 0.0890. The Labute approximate surface area is 180 Å². The second-order valence-corrected chi connectivity index (χ2v) is 9.32. The molecule has 1 aliphatic heterocycles. The molecule has 0 aliphatic carbocycles. The van der Waals surface area contributed by atoms with E-state index >= 15 is 0 Å². The van der Waals surface area contributed by atoms with Crippen LogP contribution in [0.2, 0.25) is 0 Å². The largest absolute Gasteiger partial charge is 0.497 e. The van der Waals surface area contributed by atoms with Gasteiger partial charge in [0.1, 0.15) is 16.4 Å². The van der Waals surface area contributed by atoms with Crippen LogP contribution in [0.5, 0.6) is 11.5 Å². The minimum Gasteiger partial charge on any atom is -0.497 e. The van der Waals surface area contributed by atoms with Crippen LogP contribution in [0.3, 0.4) is 0 Å². The van der Waals surface area contributed by atoms with Crippen molar-refractivity contribution in [3.8, 4) is 11.5 Å². The lowest BCUT2D eigenvalue weighted by atomic mass is 10.1. The molecule has 7 heteroatoms. The Balaban J connectivity index is 1.53. The molecule has 0 aromatic heterocycles. The minimum atomic E-state index is -3.68. The molecule has 1 fully saturated rings. The number of nitrogens with one attached hydrogen (secondary N) is 1. The highest BCUT2D eigenvalue weighted by molar-refractivity contribution is 7.89. The predicted octanol–water partition coefficient (Wildman–Crippen LogP) is 4.00. The van der Waals surface area contributed by atoms with E-state index in [1.54, 1.807) is 12.1 Å². The first kappa shape index (κ1) is 22.4. The summed E-state index contributed by atoms with van der Waals surface area (Å²) >= 11 is 0. The van der Waals surface area contributed by atoms with Crippen molar-refractivity contribution >= 4 is 15.7 Å². The van der Waals surface area contributed by atoms with Gasteiger partial charge in [-0.1, -0.05) is 25.0 Å². The molecule has 0 atom stereocenters. The van der Waals surface area contributed by atoms with Gasteiger partial charge in [0.25, 0.3) is 0 Å². The number of methoxy groups -OCH3 is 2. The van der Waals surface area contributed by atoms with Gasteiger partial charge in [-0.15, -0.1) is 0 Å². The van der Waals surface area contributed by atoms with Gasteiger partial charge in [-0.05, 0) is 55.5 Å². The van der Waals surface area contributed by atoms with Crippen molar-refractivity contribution in [3.63, 3.8) is 0 Å². The highest BCUT2D eigenvalue weighted by atomic mass is 32.2. The SMILES string of the molecule is COc1ccc(OC)c(S(=O)(=O)NCCCc2ccc(N3CCCCCC3)cc2)c1. The van der Waals surface area contributed by atoms with Crippen LogP contribution in [-0.4, -0.2) is 42.3 Å². The zero-order chi connectivity index (χ0) is 21.4. The lowest BCUT2D eigenvalue weighted by molar-refractivity contribution is 0.392. The summed E-state index contributed by atoms with van der Waals surface area (Å²) in [6.07, 6.45) is 6.71. The lowest BCUT2D eigenvalue weighted by Gasteiger charge is -2.22. The maximum absolute atomic E-state index is 12.7. The quantitative estimate of drug-likeness (QED) is 0.607. The van der Waals surface area contributed by atoms with E-state index in [0.29, 0.717) is 24.5 Å². The standard InChI is InChI=1S/C23H32N2O4S/c1-28-21-13-14-22(29-2)23(18-21)30(26,27)24-15-7-8-19-9-11-20(12-10-19)25-16-5-3-4-6-17-25/h9-14,18,24H,3-8,15-17H2,1-2H3. The average molecular weight is 433 g/mol. The van der Waals surface area contributed by atoms with Crippen molar-refractivity contribution in [2.45, 2.75) is 43.4 Å². The molecule has 3 rings (SSSR count). The molecule has 0 spiro atoms. The third kappa shape index (κ3) is 5.89. The Bertz CT molecular complexity index is 905. The molecule has 2 aromatic carbocycles. The second kappa shape index (κ2) is 10.7. The number of ether oxygens (including phenoxy) is 2. The molecule has 0 bridgehead atoms. The van der Waals surface area contributed by atoms with Gasteiger partial charge in [0, 0.05) is 31.4 Å². The molecule has 0 saturated carbocycles. The van der Waals surface area contributed by atoms with Gasteiger partial charge in [-0.2, -0.15) is 0 Å². The van der Waals surface area contributed by atoms with Gasteiger partial charge in [0.2, 0.25) is 10.0 Å². The van der Waals surface area contributed by atoms with Crippen molar-refractivity contribution < 1.29 is 17.9 Å². The van der Waals surface area contributed by atoms with Crippen LogP contribution in [0.4, 0.5) is 5.69 Å². The number of hydrogen-bond donors (Lipinski definition) is 1. The number of hydrogen-bond acceptors (Lipinski definition) is 5. The van der Waals surface area contributed by atoms with E-state index in [1.165, 1.54) is 57.2 Å². The van der Waals surface area contributed by atoms with Crippen LogP contribution < -0.4 is 19.1 Å². The molecule has 6 nitrogen and oxygen atoms in total. The van der Waals surface area contributed by atoms with Crippen LogP contribution in [-0.2, 0) is 16.4 Å². The van der Waals surface area contributed by atoms with Crippen LogP contribution in [0.25, 0.3) is 0 Å². The van der Waals surface area contributed by atoms with E-state index in [1.807, 2.05) is 0 Å². The second-order valence-electron chi connectivity index (χ2n) is 7.59. The number of anilines is 1. The molecule has 1 aliphatic rings. The molecule has 0 radical (unpaired) electrons. The van der Waals surface area contributed by atoms with Crippen molar-refractivity contribution in [2.75, 3.05) is 38.8 Å². The molecule has 1 saturated heterocycles. The molecule has 0 unspecified atom stereocenters. The first-order chi connectivity index (χ1) is 14.5. The highest BCUT2D eigenvalue weighted by Gasteiger charge is 2.20. The van der Waals surface area contributed by atoms with E-state index < -0.39 is 10.0 Å². The molecular formula is C23H32N2O4S. The smallest absolute Gasteiger partial charge is 0.244 e. The van der Waals surface area contributed by atoms with Gasteiger partial charge in [0.15, 0.2) is 0 Å². The zero-order valence-corrected chi connectivity index (χ0v) is 18.7. The summed E-state index contributed by atoms with van der Waals surface area (Å²) in [7, 11) is -0.718. The number of aryl methyl sites for hydroxylation is 1. The summed E-state index contributed by atoms with van der Waals surface area (Å²) in [4.78, 5) is 2.55. The molecule has 2 aromatic rings. The maximum atomic E-state index is 12.7. The van der Waals surface area contributed by atoms with Gasteiger partial charge in [-0.25, -0.2) is 13.1 Å². The summed E-state index contributed by atoms with van der Waals surface area (Å²) in [6.45, 7) is 2.63. The first-order valence-corrected chi connectivity index (χ1v) is 12.1. The monoisotopic (exact) mass is 432 g/mol. The molecule has 1 heterocycles. The average Bonchev–Trinajstić information content (AvgIpc) is 3.06. The van der Waals surface area contributed by atoms with Crippen molar-refractivity contribution in [2.24, 2.45) is 0 Å². The van der Waals surface area contributed by atoms with Crippen LogP contribution >= 0.6 is 0 Å². The molecule has 0 amide bonds. The highest BCUT2D eigenvalue weighted by Crippen LogP contribution is 2.28. The number of sulfonamides is 1. The topological polar surface area (TPSA) is 67.9 Å². The number of benzene rings is 2. The van der Waals surface area contributed by atoms with Gasteiger partial charge >= 0.3 is 0 Å². The fourth-order valence-corrected chi connectivity index (χ4v) is 5.03. The summed E-state index contributed by atoms with van der Waals surface area (Å²) < 4.78 is 38.4. The van der Waals surface area contributed by atoms with Crippen molar-refractivity contribution in [1.29, 1.82) is 0 Å². The van der Waals surface area contributed by atoms with E-state index in [4.69, 9.17) is 9.47 Å². The Morgan fingerprint density at radius 1 is 0.933 bits per heavy atom. The summed E-state index contributed by atoms with van der Waals surface area (Å²) in [5.74, 6) is 0.771. The van der Waals surface area contributed by atoms with E-state index in [9.17, 15) is 8.42 Å². The van der Waals surface area contributed by atoms with E-state index in [0.717, 1.165) is 19.5 Å². The Hall–Kier alpha value is -2.25. The van der Waals surface area contributed by atoms with Crippen LogP contribution in [0.1, 0.15) is 37.7 Å². The fourth-order valence-electron chi connectivity index (χ4n) is 3.77. The lowest BCUT2D eigenvalue weighted by Crippen LogP contribution is -2.25. The molecule has 164 valence electrons. The number of nitrogens with zero attached hydrogens (tertiary/aromatic N) is 1. The van der Waals surface area contributed by atoms with E-state index in [-0.39, 0.29) is 4.90 Å². The fraction of sp³-hybridized carbons (Fsp3) is 0.478. The Morgan fingerprint density at radius 3 is 2.27 bits per heavy atom. The van der Waals surface area contributed by atoms with Crippen LogP contribution in [0.15, 0.2) is 47.4 Å². The normalized spacial score (nSPS) is 14.9. The Morgan fingerprint density at radius 2 is 1.63 bits per heavy atom. The summed E-state index contributed by atoms with van der Waals surface area (Å²) in [6, 6.07) is 13.4. The first-order valence-electron chi connectivity index (χ1n) is 10.6. The predicted molar refractivity (Wildman–Crippen MR) is 120 cm³/mol. The van der Waals surface area contributed by atoms with Gasteiger partial charge in [-0.3, -0.25) is 0 Å². The van der Waals surface area contributed by atoms with Crippen LogP contribution in [0, 0.1) is 0 Å². The van der Waals surface area contributed by atoms with E-state index in [2.05, 4.69) is 33.9 Å².